The molecule has 0 bridgehead atoms. The van der Waals surface area contributed by atoms with E-state index in [1.165, 1.54) is 0 Å². The molecule has 0 aliphatic rings. The molecular weight excluding hydrogens is 254 g/mol. The Bertz CT molecular complexity index is 393. The van der Waals surface area contributed by atoms with Crippen molar-refractivity contribution in [1.82, 2.24) is 10.6 Å². The number of hydrogen-bond donors (Lipinski definition) is 3. The Labute approximate surface area is 113 Å². The first-order valence-electron chi connectivity index (χ1n) is 5.45. The summed E-state index contributed by atoms with van der Waals surface area (Å²) in [6.07, 6.45) is 0. The first-order chi connectivity index (χ1) is 8.13. The SMILES string of the molecule is Cc1ccc(C(=O)NCCNC(=O)CN)cc1.Cl. The van der Waals surface area contributed by atoms with E-state index in [1.807, 2.05) is 19.1 Å². The zero-order chi connectivity index (χ0) is 12.7. The summed E-state index contributed by atoms with van der Waals surface area (Å²) in [7, 11) is 0. The molecule has 1 rings (SSSR count). The molecule has 0 aliphatic heterocycles. The van der Waals surface area contributed by atoms with Crippen molar-refractivity contribution in [2.24, 2.45) is 5.73 Å². The van der Waals surface area contributed by atoms with Gasteiger partial charge in [0.2, 0.25) is 5.91 Å². The maximum absolute atomic E-state index is 11.6. The fourth-order valence-electron chi connectivity index (χ4n) is 1.26. The van der Waals surface area contributed by atoms with E-state index in [9.17, 15) is 9.59 Å². The van der Waals surface area contributed by atoms with Gasteiger partial charge >= 0.3 is 0 Å². The van der Waals surface area contributed by atoms with E-state index >= 15 is 0 Å². The van der Waals surface area contributed by atoms with E-state index in [0.29, 0.717) is 18.7 Å². The van der Waals surface area contributed by atoms with Gasteiger partial charge in [0.1, 0.15) is 0 Å². The number of halogens is 1. The number of amides is 2. The average Bonchev–Trinajstić information content (AvgIpc) is 2.34. The van der Waals surface area contributed by atoms with Crippen LogP contribution in [0.25, 0.3) is 0 Å². The van der Waals surface area contributed by atoms with Gasteiger partial charge in [-0.2, -0.15) is 0 Å². The molecule has 0 spiro atoms. The highest BCUT2D eigenvalue weighted by atomic mass is 35.5. The Morgan fingerprint density at radius 2 is 1.67 bits per heavy atom. The molecule has 100 valence electrons. The fraction of sp³-hybridized carbons (Fsp3) is 0.333. The maximum atomic E-state index is 11.6. The van der Waals surface area contributed by atoms with Crippen LogP contribution in [-0.4, -0.2) is 31.4 Å². The molecule has 0 saturated carbocycles. The standard InChI is InChI=1S/C12H17N3O2.ClH/c1-9-2-4-10(5-3-9)12(17)15-7-6-14-11(16)8-13;/h2-5H,6-8,13H2,1H3,(H,14,16)(H,15,17);1H. The minimum Gasteiger partial charge on any atom is -0.353 e. The van der Waals surface area contributed by atoms with Crippen molar-refractivity contribution in [3.8, 4) is 0 Å². The number of carbonyl (C=O) groups excluding carboxylic acids is 2. The number of nitrogens with one attached hydrogen (secondary N) is 2. The van der Waals surface area contributed by atoms with E-state index in [2.05, 4.69) is 10.6 Å². The predicted octanol–water partition coefficient (Wildman–Crippen LogP) is 0.222. The van der Waals surface area contributed by atoms with Gasteiger partial charge < -0.3 is 16.4 Å². The molecule has 1 aromatic rings. The zero-order valence-electron chi connectivity index (χ0n) is 10.2. The summed E-state index contributed by atoms with van der Waals surface area (Å²) < 4.78 is 0. The molecule has 1 aromatic carbocycles. The zero-order valence-corrected chi connectivity index (χ0v) is 11.0. The van der Waals surface area contributed by atoms with Gasteiger partial charge in [-0.05, 0) is 19.1 Å². The fourth-order valence-corrected chi connectivity index (χ4v) is 1.26. The van der Waals surface area contributed by atoms with Crippen LogP contribution in [0.1, 0.15) is 15.9 Å². The molecule has 0 atom stereocenters. The Balaban J connectivity index is 0.00000289. The Kier molecular flexibility index (Phi) is 7.74. The highest BCUT2D eigenvalue weighted by Gasteiger charge is 2.03. The van der Waals surface area contributed by atoms with Crippen molar-refractivity contribution in [3.63, 3.8) is 0 Å². The number of aryl methyl sites for hydroxylation is 1. The van der Waals surface area contributed by atoms with Gasteiger partial charge in [-0.1, -0.05) is 17.7 Å². The lowest BCUT2D eigenvalue weighted by atomic mass is 10.1. The Hall–Kier alpha value is -1.59. The average molecular weight is 272 g/mol. The minimum atomic E-state index is -0.227. The van der Waals surface area contributed by atoms with Crippen LogP contribution in [0.4, 0.5) is 0 Å². The summed E-state index contributed by atoms with van der Waals surface area (Å²) in [5.41, 5.74) is 6.84. The van der Waals surface area contributed by atoms with Crippen LogP contribution in [0.5, 0.6) is 0 Å². The maximum Gasteiger partial charge on any atom is 0.251 e. The van der Waals surface area contributed by atoms with Gasteiger partial charge in [-0.25, -0.2) is 0 Å². The van der Waals surface area contributed by atoms with Crippen LogP contribution >= 0.6 is 12.4 Å². The van der Waals surface area contributed by atoms with Crippen LogP contribution in [0.2, 0.25) is 0 Å². The highest BCUT2D eigenvalue weighted by molar-refractivity contribution is 5.94. The van der Waals surface area contributed by atoms with Gasteiger partial charge in [0.05, 0.1) is 6.54 Å². The second-order valence-corrected chi connectivity index (χ2v) is 3.68. The second kappa shape index (κ2) is 8.49. The third-order valence-electron chi connectivity index (χ3n) is 2.23. The van der Waals surface area contributed by atoms with Gasteiger partial charge in [0.15, 0.2) is 0 Å². The molecule has 5 nitrogen and oxygen atoms in total. The summed E-state index contributed by atoms with van der Waals surface area (Å²) in [6, 6.07) is 7.29. The molecular formula is C12H18ClN3O2. The summed E-state index contributed by atoms with van der Waals surface area (Å²) in [4.78, 5) is 22.4. The number of rotatable bonds is 5. The second-order valence-electron chi connectivity index (χ2n) is 3.68. The number of hydrogen-bond acceptors (Lipinski definition) is 3. The number of nitrogens with two attached hydrogens (primary N) is 1. The lowest BCUT2D eigenvalue weighted by Gasteiger charge is -2.06. The number of carbonyl (C=O) groups is 2. The van der Waals surface area contributed by atoms with Crippen molar-refractivity contribution in [3.05, 3.63) is 35.4 Å². The quantitative estimate of drug-likeness (QED) is 0.670. The minimum absolute atomic E-state index is 0. The highest BCUT2D eigenvalue weighted by Crippen LogP contribution is 2.02. The monoisotopic (exact) mass is 271 g/mol. The summed E-state index contributed by atoms with van der Waals surface area (Å²) in [6.45, 7) is 2.70. The van der Waals surface area contributed by atoms with Crippen molar-refractivity contribution in [2.45, 2.75) is 6.92 Å². The molecule has 0 unspecified atom stereocenters. The van der Waals surface area contributed by atoms with E-state index in [0.717, 1.165) is 5.56 Å². The van der Waals surface area contributed by atoms with E-state index < -0.39 is 0 Å². The smallest absolute Gasteiger partial charge is 0.251 e. The normalized spacial score (nSPS) is 9.22. The molecule has 0 heterocycles. The van der Waals surface area contributed by atoms with Gasteiger partial charge in [0, 0.05) is 18.7 Å². The Morgan fingerprint density at radius 3 is 2.22 bits per heavy atom. The first kappa shape index (κ1) is 16.4. The summed E-state index contributed by atoms with van der Waals surface area (Å²) >= 11 is 0. The third kappa shape index (κ3) is 5.65. The van der Waals surface area contributed by atoms with E-state index in [4.69, 9.17) is 5.73 Å². The van der Waals surface area contributed by atoms with Crippen molar-refractivity contribution in [1.29, 1.82) is 0 Å². The Morgan fingerprint density at radius 1 is 1.11 bits per heavy atom. The van der Waals surface area contributed by atoms with E-state index in [1.54, 1.807) is 12.1 Å². The number of benzene rings is 1. The lowest BCUT2D eigenvalue weighted by molar-refractivity contribution is -0.119. The van der Waals surface area contributed by atoms with Crippen molar-refractivity contribution in [2.75, 3.05) is 19.6 Å². The first-order valence-corrected chi connectivity index (χ1v) is 5.45. The van der Waals surface area contributed by atoms with Crippen LogP contribution in [0, 0.1) is 6.92 Å². The van der Waals surface area contributed by atoms with Gasteiger partial charge in [0.25, 0.3) is 5.91 Å². The predicted molar refractivity (Wildman–Crippen MR) is 72.8 cm³/mol. The topological polar surface area (TPSA) is 84.2 Å². The molecule has 6 heteroatoms. The molecule has 18 heavy (non-hydrogen) atoms. The van der Waals surface area contributed by atoms with Crippen LogP contribution in [-0.2, 0) is 4.79 Å². The summed E-state index contributed by atoms with van der Waals surface area (Å²) in [5, 5.41) is 5.27. The van der Waals surface area contributed by atoms with Gasteiger partial charge in [-0.3, -0.25) is 9.59 Å². The molecule has 0 saturated heterocycles. The van der Waals surface area contributed by atoms with Crippen LogP contribution in [0.3, 0.4) is 0 Å². The molecule has 4 N–H and O–H groups in total. The van der Waals surface area contributed by atoms with Crippen LogP contribution < -0.4 is 16.4 Å². The molecule has 0 fully saturated rings. The third-order valence-corrected chi connectivity index (χ3v) is 2.23. The van der Waals surface area contributed by atoms with Crippen molar-refractivity contribution < 1.29 is 9.59 Å². The van der Waals surface area contributed by atoms with Crippen LogP contribution in [0.15, 0.2) is 24.3 Å². The molecule has 0 radical (unpaired) electrons. The lowest BCUT2D eigenvalue weighted by Crippen LogP contribution is -2.37. The van der Waals surface area contributed by atoms with Crippen molar-refractivity contribution >= 4 is 24.2 Å². The molecule has 2 amide bonds. The van der Waals surface area contributed by atoms with E-state index in [-0.39, 0.29) is 30.8 Å². The molecule has 0 aliphatic carbocycles. The van der Waals surface area contributed by atoms with Gasteiger partial charge in [-0.15, -0.1) is 12.4 Å². The summed E-state index contributed by atoms with van der Waals surface area (Å²) in [5.74, 6) is -0.374. The largest absolute Gasteiger partial charge is 0.353 e. The molecule has 0 aromatic heterocycles.